The molecule has 7 nitrogen and oxygen atoms in total. The molecule has 3 aromatic rings. The maximum absolute atomic E-state index is 13.4. The van der Waals surface area contributed by atoms with Crippen LogP contribution in [0.1, 0.15) is 48.0 Å². The van der Waals surface area contributed by atoms with Crippen LogP contribution in [0.4, 0.5) is 32.2 Å². The Morgan fingerprint density at radius 3 is 2.07 bits per heavy atom. The number of benzene rings is 2. The lowest BCUT2D eigenvalue weighted by Crippen LogP contribution is -2.40. The van der Waals surface area contributed by atoms with E-state index in [4.69, 9.17) is 16.3 Å². The number of amides is 2. The number of carbonyl (C=O) groups is 2. The van der Waals surface area contributed by atoms with Crippen molar-refractivity contribution in [2.24, 2.45) is 0 Å². The van der Waals surface area contributed by atoms with Crippen LogP contribution >= 0.6 is 11.6 Å². The molecule has 0 saturated heterocycles. The first-order valence-electron chi connectivity index (χ1n) is 12.1. The van der Waals surface area contributed by atoms with Crippen molar-refractivity contribution in [1.29, 1.82) is 0 Å². The standard InChI is InChI=1S/C27H27ClF6N4O3/c1-25(2,3)21-14-22(38(36-21)20-8-6-5-7-19(20)28)35-23(39)15-37(9-10-41-4)24(40)16-11-17(26(29,30)31)13-18(12-16)27(32,33)34/h5-8,11-14H,9-10,15H2,1-4H3,(H,35,39). The number of anilines is 1. The SMILES string of the molecule is COCCN(CC(=O)Nc1cc(C(C)(C)C)nn1-c1ccccc1Cl)C(=O)c1cc(C(F)(F)F)cc(C(F)(F)F)c1. The second kappa shape index (κ2) is 12.1. The molecular formula is C27H27ClF6N4O3. The number of halogens is 7. The van der Waals surface area contributed by atoms with Crippen LogP contribution in [0, 0.1) is 0 Å². The molecule has 0 bridgehead atoms. The van der Waals surface area contributed by atoms with Crippen molar-refractivity contribution in [2.75, 3.05) is 32.1 Å². The first-order valence-corrected chi connectivity index (χ1v) is 12.5. The summed E-state index contributed by atoms with van der Waals surface area (Å²) in [7, 11) is 1.28. The molecule has 0 unspecified atom stereocenters. The number of alkyl halides is 6. The second-order valence-corrected chi connectivity index (χ2v) is 10.5. The molecule has 2 amide bonds. The molecule has 0 atom stereocenters. The molecule has 2 aromatic carbocycles. The average Bonchev–Trinajstić information content (AvgIpc) is 3.29. The summed E-state index contributed by atoms with van der Waals surface area (Å²) in [5.74, 6) is -1.82. The van der Waals surface area contributed by atoms with E-state index in [2.05, 4.69) is 10.4 Å². The minimum atomic E-state index is -5.15. The van der Waals surface area contributed by atoms with Crippen LogP contribution in [0.15, 0.2) is 48.5 Å². The molecule has 0 saturated carbocycles. The number of aromatic nitrogens is 2. The Balaban J connectivity index is 1.96. The van der Waals surface area contributed by atoms with E-state index < -0.39 is 52.8 Å². The van der Waals surface area contributed by atoms with E-state index in [0.717, 1.165) is 4.90 Å². The highest BCUT2D eigenvalue weighted by Crippen LogP contribution is 2.36. The van der Waals surface area contributed by atoms with Gasteiger partial charge in [-0.05, 0) is 30.3 Å². The van der Waals surface area contributed by atoms with Crippen molar-refractivity contribution in [3.63, 3.8) is 0 Å². The molecule has 222 valence electrons. The van der Waals surface area contributed by atoms with Crippen LogP contribution in [-0.2, 0) is 27.3 Å². The number of carbonyl (C=O) groups excluding carboxylic acids is 2. The highest BCUT2D eigenvalue weighted by molar-refractivity contribution is 6.32. The first kappa shape index (κ1) is 31.9. The Morgan fingerprint density at radius 1 is 0.976 bits per heavy atom. The third kappa shape index (κ3) is 8.00. The van der Waals surface area contributed by atoms with Gasteiger partial charge in [0.15, 0.2) is 0 Å². The number of hydrogen-bond donors (Lipinski definition) is 1. The summed E-state index contributed by atoms with van der Waals surface area (Å²) in [6.07, 6.45) is -10.3. The van der Waals surface area contributed by atoms with Gasteiger partial charge in [-0.2, -0.15) is 31.4 Å². The molecule has 0 spiro atoms. The van der Waals surface area contributed by atoms with Crippen LogP contribution in [0.25, 0.3) is 5.69 Å². The summed E-state index contributed by atoms with van der Waals surface area (Å²) >= 11 is 6.33. The van der Waals surface area contributed by atoms with Crippen LogP contribution in [0.3, 0.4) is 0 Å². The molecule has 0 radical (unpaired) electrons. The highest BCUT2D eigenvalue weighted by atomic mass is 35.5. The zero-order chi connectivity index (χ0) is 30.8. The van der Waals surface area contributed by atoms with Gasteiger partial charge >= 0.3 is 12.4 Å². The predicted molar refractivity (Wildman–Crippen MR) is 140 cm³/mol. The fourth-order valence-electron chi connectivity index (χ4n) is 3.71. The van der Waals surface area contributed by atoms with Gasteiger partial charge in [0, 0.05) is 30.7 Å². The Labute approximate surface area is 237 Å². The predicted octanol–water partition coefficient (Wildman–Crippen LogP) is 6.59. The minimum absolute atomic E-state index is 0.0777. The molecule has 1 N–H and O–H groups in total. The zero-order valence-electron chi connectivity index (χ0n) is 22.5. The van der Waals surface area contributed by atoms with Crippen molar-refractivity contribution >= 4 is 29.2 Å². The van der Waals surface area contributed by atoms with Gasteiger partial charge < -0.3 is 15.0 Å². The third-order valence-corrected chi connectivity index (χ3v) is 6.17. The van der Waals surface area contributed by atoms with Gasteiger partial charge in [0.25, 0.3) is 5.91 Å². The van der Waals surface area contributed by atoms with Gasteiger partial charge in [-0.3, -0.25) is 9.59 Å². The number of nitrogens with zero attached hydrogens (tertiary/aromatic N) is 3. The first-order chi connectivity index (χ1) is 18.9. The van der Waals surface area contributed by atoms with Gasteiger partial charge in [0.1, 0.15) is 12.4 Å². The molecule has 41 heavy (non-hydrogen) atoms. The fourth-order valence-corrected chi connectivity index (χ4v) is 3.93. The van der Waals surface area contributed by atoms with E-state index in [9.17, 15) is 35.9 Å². The summed E-state index contributed by atoms with van der Waals surface area (Å²) in [6, 6.07) is 8.86. The lowest BCUT2D eigenvalue weighted by molar-refractivity contribution is -0.143. The van der Waals surface area contributed by atoms with E-state index >= 15 is 0 Å². The monoisotopic (exact) mass is 604 g/mol. The van der Waals surface area contributed by atoms with Crippen molar-refractivity contribution in [2.45, 2.75) is 38.5 Å². The lowest BCUT2D eigenvalue weighted by atomic mass is 9.92. The molecule has 3 rings (SSSR count). The molecule has 0 aliphatic rings. The number of rotatable bonds is 8. The number of para-hydroxylation sites is 1. The maximum Gasteiger partial charge on any atom is 0.416 e. The molecule has 14 heteroatoms. The maximum atomic E-state index is 13.4. The number of hydrogen-bond acceptors (Lipinski definition) is 4. The van der Waals surface area contributed by atoms with Gasteiger partial charge in [0.05, 0.1) is 34.1 Å². The summed E-state index contributed by atoms with van der Waals surface area (Å²) in [5.41, 5.74) is -3.59. The topological polar surface area (TPSA) is 76.5 Å². The van der Waals surface area contributed by atoms with Crippen molar-refractivity contribution < 1.29 is 40.7 Å². The lowest BCUT2D eigenvalue weighted by Gasteiger charge is -2.23. The van der Waals surface area contributed by atoms with Crippen molar-refractivity contribution in [3.8, 4) is 5.69 Å². The van der Waals surface area contributed by atoms with Crippen LogP contribution in [-0.4, -0.2) is 53.3 Å². The van der Waals surface area contributed by atoms with Gasteiger partial charge in [0.2, 0.25) is 5.91 Å². The quantitative estimate of drug-likeness (QED) is 0.295. The van der Waals surface area contributed by atoms with Crippen molar-refractivity contribution in [3.05, 3.63) is 75.9 Å². The second-order valence-electron chi connectivity index (χ2n) is 10.1. The molecule has 0 aliphatic carbocycles. The number of nitrogens with one attached hydrogen (secondary N) is 1. The van der Waals surface area contributed by atoms with Crippen LogP contribution < -0.4 is 5.32 Å². The summed E-state index contributed by atoms with van der Waals surface area (Å²) in [6.45, 7) is 4.54. The fraction of sp³-hybridized carbons (Fsp3) is 0.370. The molecule has 0 aliphatic heterocycles. The summed E-state index contributed by atoms with van der Waals surface area (Å²) in [4.78, 5) is 27.1. The van der Waals surface area contributed by atoms with E-state index in [-0.39, 0.29) is 25.0 Å². The summed E-state index contributed by atoms with van der Waals surface area (Å²) in [5, 5.41) is 7.50. The molecular weight excluding hydrogens is 578 g/mol. The van der Waals surface area contributed by atoms with Gasteiger partial charge in [-0.1, -0.05) is 44.5 Å². The molecule has 1 aromatic heterocycles. The minimum Gasteiger partial charge on any atom is -0.383 e. The highest BCUT2D eigenvalue weighted by Gasteiger charge is 2.38. The average molecular weight is 605 g/mol. The van der Waals surface area contributed by atoms with Crippen LogP contribution in [0.2, 0.25) is 5.02 Å². The van der Waals surface area contributed by atoms with E-state index in [0.29, 0.717) is 28.5 Å². The number of methoxy groups -OCH3 is 1. The molecule has 0 fully saturated rings. The van der Waals surface area contributed by atoms with E-state index in [1.807, 2.05) is 20.8 Å². The third-order valence-electron chi connectivity index (χ3n) is 5.85. The Hall–Kier alpha value is -3.58. The van der Waals surface area contributed by atoms with Crippen LogP contribution in [0.5, 0.6) is 0 Å². The van der Waals surface area contributed by atoms with Crippen molar-refractivity contribution in [1.82, 2.24) is 14.7 Å². The Morgan fingerprint density at radius 2 is 1.56 bits per heavy atom. The van der Waals surface area contributed by atoms with E-state index in [1.165, 1.54) is 11.8 Å². The largest absolute Gasteiger partial charge is 0.416 e. The van der Waals surface area contributed by atoms with E-state index in [1.54, 1.807) is 30.3 Å². The Bertz CT molecular complexity index is 1380. The zero-order valence-corrected chi connectivity index (χ0v) is 23.2. The Kier molecular flexibility index (Phi) is 9.44. The summed E-state index contributed by atoms with van der Waals surface area (Å²) < 4.78 is 86.4. The van der Waals surface area contributed by atoms with Gasteiger partial charge in [-0.25, -0.2) is 4.68 Å². The smallest absolute Gasteiger partial charge is 0.383 e. The number of ether oxygens (including phenoxy) is 1. The normalized spacial score (nSPS) is 12.4. The van der Waals surface area contributed by atoms with Gasteiger partial charge in [-0.15, -0.1) is 0 Å². The molecule has 1 heterocycles.